The quantitative estimate of drug-likeness (QED) is 0.509. The monoisotopic (exact) mass is 415 g/mol. The molecule has 1 aliphatic rings. The maximum Gasteiger partial charge on any atom is 0.255 e. The molecule has 2 aromatic rings. The molecule has 7 nitrogen and oxygen atoms in total. The number of carbonyl (C=O) groups excluding carboxylic acids is 1. The smallest absolute Gasteiger partial charge is 0.255 e. The number of carbonyl (C=O) groups is 1. The SMILES string of the molecule is CCNC(=NCCc1ccc(OCC(N)=O)cc1)N1CCN(c2cccs2)CC1. The van der Waals surface area contributed by atoms with Gasteiger partial charge in [0, 0.05) is 39.3 Å². The molecule has 1 aromatic carbocycles. The molecule has 2 heterocycles. The Morgan fingerprint density at radius 3 is 2.59 bits per heavy atom. The summed E-state index contributed by atoms with van der Waals surface area (Å²) in [7, 11) is 0. The first kappa shape index (κ1) is 21.0. The van der Waals surface area contributed by atoms with Crippen molar-refractivity contribution in [1.29, 1.82) is 0 Å². The number of benzene rings is 1. The Bertz CT molecular complexity index is 784. The van der Waals surface area contributed by atoms with Gasteiger partial charge in [0.05, 0.1) is 5.00 Å². The number of thiophene rings is 1. The van der Waals surface area contributed by atoms with Gasteiger partial charge in [0.15, 0.2) is 12.6 Å². The van der Waals surface area contributed by atoms with Crippen LogP contribution in [0, 0.1) is 0 Å². The Morgan fingerprint density at radius 1 is 1.21 bits per heavy atom. The summed E-state index contributed by atoms with van der Waals surface area (Å²) >= 11 is 1.80. The number of anilines is 1. The van der Waals surface area contributed by atoms with Gasteiger partial charge in [-0.3, -0.25) is 9.79 Å². The maximum absolute atomic E-state index is 10.8. The molecule has 0 bridgehead atoms. The van der Waals surface area contributed by atoms with Gasteiger partial charge in [0.25, 0.3) is 5.91 Å². The first-order valence-electron chi connectivity index (χ1n) is 9.97. The van der Waals surface area contributed by atoms with Crippen LogP contribution in [0.4, 0.5) is 5.00 Å². The van der Waals surface area contributed by atoms with Gasteiger partial charge in [-0.25, -0.2) is 0 Å². The highest BCUT2D eigenvalue weighted by molar-refractivity contribution is 7.14. The number of nitrogens with zero attached hydrogens (tertiary/aromatic N) is 3. The predicted octanol–water partition coefficient (Wildman–Crippen LogP) is 1.94. The van der Waals surface area contributed by atoms with E-state index in [0.29, 0.717) is 5.75 Å². The molecule has 156 valence electrons. The molecule has 0 atom stereocenters. The minimum Gasteiger partial charge on any atom is -0.484 e. The average Bonchev–Trinajstić information content (AvgIpc) is 3.27. The van der Waals surface area contributed by atoms with Crippen LogP contribution in [0.1, 0.15) is 12.5 Å². The van der Waals surface area contributed by atoms with Crippen molar-refractivity contribution in [2.45, 2.75) is 13.3 Å². The van der Waals surface area contributed by atoms with E-state index in [4.69, 9.17) is 15.5 Å². The number of hydrogen-bond acceptors (Lipinski definition) is 5. The Labute approximate surface area is 176 Å². The molecule has 3 N–H and O–H groups in total. The normalized spacial score (nSPS) is 14.7. The summed E-state index contributed by atoms with van der Waals surface area (Å²) in [6, 6.07) is 12.0. The van der Waals surface area contributed by atoms with Crippen LogP contribution >= 0.6 is 11.3 Å². The fraction of sp³-hybridized carbons (Fsp3) is 0.429. The molecule has 3 rings (SSSR count). The fourth-order valence-corrected chi connectivity index (χ4v) is 4.00. The molecule has 1 aromatic heterocycles. The molecular formula is C21H29N5O2S. The van der Waals surface area contributed by atoms with E-state index >= 15 is 0 Å². The third-order valence-electron chi connectivity index (χ3n) is 4.70. The first-order chi connectivity index (χ1) is 14.2. The van der Waals surface area contributed by atoms with Crippen LogP contribution in [0.3, 0.4) is 0 Å². The van der Waals surface area contributed by atoms with Crippen molar-refractivity contribution >= 4 is 28.2 Å². The van der Waals surface area contributed by atoms with Crippen molar-refractivity contribution < 1.29 is 9.53 Å². The van der Waals surface area contributed by atoms with Crippen molar-refractivity contribution in [3.63, 3.8) is 0 Å². The summed E-state index contributed by atoms with van der Waals surface area (Å²) < 4.78 is 5.29. The number of aliphatic imine (C=N–C) groups is 1. The topological polar surface area (TPSA) is 83.2 Å². The highest BCUT2D eigenvalue weighted by Gasteiger charge is 2.20. The van der Waals surface area contributed by atoms with E-state index < -0.39 is 5.91 Å². The number of piperazine rings is 1. The van der Waals surface area contributed by atoms with Crippen molar-refractivity contribution in [1.82, 2.24) is 10.2 Å². The number of nitrogens with two attached hydrogens (primary N) is 1. The summed E-state index contributed by atoms with van der Waals surface area (Å²) in [4.78, 5) is 20.4. The lowest BCUT2D eigenvalue weighted by Crippen LogP contribution is -2.52. The second-order valence-electron chi connectivity index (χ2n) is 6.81. The zero-order valence-electron chi connectivity index (χ0n) is 16.8. The van der Waals surface area contributed by atoms with Gasteiger partial charge in [0.1, 0.15) is 5.75 Å². The van der Waals surface area contributed by atoms with Crippen LogP contribution in [0.2, 0.25) is 0 Å². The lowest BCUT2D eigenvalue weighted by Gasteiger charge is -2.37. The lowest BCUT2D eigenvalue weighted by atomic mass is 10.1. The summed E-state index contributed by atoms with van der Waals surface area (Å²) in [5, 5.41) is 6.89. The third-order valence-corrected chi connectivity index (χ3v) is 5.63. The molecule has 1 aliphatic heterocycles. The highest BCUT2D eigenvalue weighted by atomic mass is 32.1. The largest absolute Gasteiger partial charge is 0.484 e. The van der Waals surface area contributed by atoms with E-state index in [1.165, 1.54) is 10.6 Å². The van der Waals surface area contributed by atoms with Crippen molar-refractivity contribution in [3.05, 3.63) is 47.3 Å². The summed E-state index contributed by atoms with van der Waals surface area (Å²) in [6.45, 7) is 7.53. The number of nitrogens with one attached hydrogen (secondary N) is 1. The maximum atomic E-state index is 10.8. The second kappa shape index (κ2) is 10.7. The number of hydrogen-bond donors (Lipinski definition) is 2. The second-order valence-corrected chi connectivity index (χ2v) is 7.74. The van der Waals surface area contributed by atoms with Crippen molar-refractivity contribution in [2.24, 2.45) is 10.7 Å². The highest BCUT2D eigenvalue weighted by Crippen LogP contribution is 2.22. The Morgan fingerprint density at radius 2 is 1.97 bits per heavy atom. The zero-order chi connectivity index (χ0) is 20.5. The number of ether oxygens (including phenoxy) is 1. The lowest BCUT2D eigenvalue weighted by molar-refractivity contribution is -0.119. The number of guanidine groups is 1. The van der Waals surface area contributed by atoms with Gasteiger partial charge >= 0.3 is 0 Å². The molecule has 1 saturated heterocycles. The van der Waals surface area contributed by atoms with Gasteiger partial charge in [-0.1, -0.05) is 12.1 Å². The standard InChI is InChI=1S/C21H29N5O2S/c1-2-23-21(26-13-11-25(12-14-26)20-4-3-15-29-20)24-10-9-17-5-7-18(8-6-17)28-16-19(22)27/h3-8,15H,2,9-14,16H2,1H3,(H2,22,27)(H,23,24). The number of amides is 1. The molecule has 0 saturated carbocycles. The van der Waals surface area contributed by atoms with E-state index in [1.54, 1.807) is 11.3 Å². The Hall–Kier alpha value is -2.74. The Balaban J connectivity index is 1.50. The average molecular weight is 416 g/mol. The molecule has 0 radical (unpaired) electrons. The molecule has 29 heavy (non-hydrogen) atoms. The van der Waals surface area contributed by atoms with Gasteiger partial charge in [-0.15, -0.1) is 11.3 Å². The molecule has 1 amide bonds. The van der Waals surface area contributed by atoms with E-state index in [1.807, 2.05) is 24.3 Å². The minimum absolute atomic E-state index is 0.102. The summed E-state index contributed by atoms with van der Waals surface area (Å²) in [6.07, 6.45) is 0.847. The van der Waals surface area contributed by atoms with E-state index in [9.17, 15) is 4.79 Å². The van der Waals surface area contributed by atoms with Gasteiger partial charge < -0.3 is 25.6 Å². The van der Waals surface area contributed by atoms with Crippen LogP contribution < -0.4 is 20.7 Å². The molecule has 1 fully saturated rings. The Kier molecular flexibility index (Phi) is 7.75. The van der Waals surface area contributed by atoms with Crippen LogP contribution in [0.25, 0.3) is 0 Å². The molecular weight excluding hydrogens is 386 g/mol. The molecule has 8 heteroatoms. The molecule has 0 aliphatic carbocycles. The van der Waals surface area contributed by atoms with Gasteiger partial charge in [0.2, 0.25) is 0 Å². The van der Waals surface area contributed by atoms with E-state index in [-0.39, 0.29) is 6.61 Å². The zero-order valence-corrected chi connectivity index (χ0v) is 17.7. The van der Waals surface area contributed by atoms with Crippen molar-refractivity contribution in [3.8, 4) is 5.75 Å². The van der Waals surface area contributed by atoms with Crippen LogP contribution in [-0.4, -0.2) is 62.6 Å². The number of primary amides is 1. The minimum atomic E-state index is -0.476. The summed E-state index contributed by atoms with van der Waals surface area (Å²) in [5.74, 6) is 1.16. The van der Waals surface area contributed by atoms with E-state index in [2.05, 4.69) is 39.6 Å². The first-order valence-corrected chi connectivity index (χ1v) is 10.9. The van der Waals surface area contributed by atoms with E-state index in [0.717, 1.165) is 51.6 Å². The van der Waals surface area contributed by atoms with Gasteiger partial charge in [-0.2, -0.15) is 0 Å². The van der Waals surface area contributed by atoms with Crippen LogP contribution in [-0.2, 0) is 11.2 Å². The molecule has 0 spiro atoms. The van der Waals surface area contributed by atoms with Crippen LogP contribution in [0.15, 0.2) is 46.8 Å². The fourth-order valence-electron chi connectivity index (χ4n) is 3.21. The third kappa shape index (κ3) is 6.39. The van der Waals surface area contributed by atoms with Gasteiger partial charge in [-0.05, 0) is 48.6 Å². The predicted molar refractivity (Wildman–Crippen MR) is 119 cm³/mol. The van der Waals surface area contributed by atoms with Crippen molar-refractivity contribution in [2.75, 3.05) is 50.8 Å². The van der Waals surface area contributed by atoms with Crippen LogP contribution in [0.5, 0.6) is 5.75 Å². The number of rotatable bonds is 8. The summed E-state index contributed by atoms with van der Waals surface area (Å²) in [5.41, 5.74) is 6.27. The molecule has 0 unspecified atom stereocenters.